The van der Waals surface area contributed by atoms with E-state index in [1.807, 2.05) is 24.3 Å². The Kier molecular flexibility index (Phi) is 9.56. The molecule has 0 saturated carbocycles. The first kappa shape index (κ1) is 39.4. The normalized spacial score (nSPS) is 12.0. The first-order valence-corrected chi connectivity index (χ1v) is 21.2. The van der Waals surface area contributed by atoms with Gasteiger partial charge >= 0.3 is 5.97 Å². The van der Waals surface area contributed by atoms with E-state index in [0.29, 0.717) is 0 Å². The summed E-state index contributed by atoms with van der Waals surface area (Å²) in [6, 6.07) is 37.1. The van der Waals surface area contributed by atoms with Crippen LogP contribution in [0.1, 0.15) is 66.5 Å². The number of hydrogen-bond donors (Lipinski definition) is 3. The molecule has 0 spiro atoms. The Balaban J connectivity index is 1.42. The minimum absolute atomic E-state index is 0.220. The summed E-state index contributed by atoms with van der Waals surface area (Å²) in [5.74, 6) is -0.165. The SMILES string of the molecule is COc1ccc(-c2c3nc(c(-c4c(C)cc(C)cc4C)c4ccc([nH]4)c(-c4ccc(C(=O)O)cc4)c4nc(c(-c5c(C)cc(C)cc5C)c5ccc2[nH]5)C=C4)C=C3)c2ccccc12. The zero-order valence-corrected chi connectivity index (χ0v) is 36.4. The number of aromatic amines is 2. The number of fused-ring (bicyclic) bond motifs is 9. The van der Waals surface area contributed by atoms with Crippen molar-refractivity contribution < 1.29 is 14.6 Å². The first-order chi connectivity index (χ1) is 30.5. The van der Waals surface area contributed by atoms with Crippen LogP contribution in [0.5, 0.6) is 5.75 Å². The molecular weight excluding hydrogens is 777 g/mol. The predicted octanol–water partition coefficient (Wildman–Crippen LogP) is 14.0. The lowest BCUT2D eigenvalue weighted by atomic mass is 9.92. The highest BCUT2D eigenvalue weighted by Gasteiger charge is 2.22. The van der Waals surface area contributed by atoms with Crippen molar-refractivity contribution in [2.45, 2.75) is 41.5 Å². The fraction of sp³-hybridized carbons (Fsp3) is 0.125. The maximum absolute atomic E-state index is 12.0. The number of aromatic nitrogens is 4. The smallest absolute Gasteiger partial charge is 0.335 e. The maximum Gasteiger partial charge on any atom is 0.335 e. The molecule has 0 radical (unpaired) electrons. The second-order valence-corrected chi connectivity index (χ2v) is 16.8. The van der Waals surface area contributed by atoms with Gasteiger partial charge in [-0.1, -0.05) is 71.8 Å². The summed E-state index contributed by atoms with van der Waals surface area (Å²) in [4.78, 5) is 30.8. The molecule has 0 fully saturated rings. The number of aromatic carboxylic acids is 1. The zero-order chi connectivity index (χ0) is 43.7. The number of rotatable bonds is 6. The van der Waals surface area contributed by atoms with Crippen LogP contribution in [0.3, 0.4) is 0 Å². The van der Waals surface area contributed by atoms with Gasteiger partial charge < -0.3 is 19.8 Å². The summed E-state index contributed by atoms with van der Waals surface area (Å²) in [5, 5.41) is 11.9. The molecule has 0 saturated heterocycles. The van der Waals surface area contributed by atoms with Gasteiger partial charge in [-0.3, -0.25) is 0 Å². The summed E-state index contributed by atoms with van der Waals surface area (Å²) in [6.45, 7) is 12.9. The summed E-state index contributed by atoms with van der Waals surface area (Å²) < 4.78 is 5.88. The van der Waals surface area contributed by atoms with Gasteiger partial charge in [-0.2, -0.15) is 0 Å². The van der Waals surface area contributed by atoms with Gasteiger partial charge in [0.15, 0.2) is 0 Å². The molecule has 3 aromatic heterocycles. The van der Waals surface area contributed by atoms with Gasteiger partial charge in [0.1, 0.15) is 5.75 Å². The van der Waals surface area contributed by atoms with Crippen LogP contribution in [0.25, 0.3) is 102 Å². The van der Waals surface area contributed by atoms with Crippen LogP contribution in [-0.4, -0.2) is 38.1 Å². The van der Waals surface area contributed by atoms with Crippen molar-refractivity contribution in [1.82, 2.24) is 19.9 Å². The van der Waals surface area contributed by atoms with E-state index < -0.39 is 5.97 Å². The molecular formula is C56H46N4O3. The third-order valence-electron chi connectivity index (χ3n) is 12.4. The minimum Gasteiger partial charge on any atom is -0.496 e. The van der Waals surface area contributed by atoms with Gasteiger partial charge in [0.25, 0.3) is 0 Å². The third kappa shape index (κ3) is 6.73. The lowest BCUT2D eigenvalue weighted by Crippen LogP contribution is -1.96. The van der Waals surface area contributed by atoms with Crippen molar-refractivity contribution in [2.24, 2.45) is 0 Å². The quantitative estimate of drug-likeness (QED) is 0.155. The summed E-state index contributed by atoms with van der Waals surface area (Å²) in [7, 11) is 1.72. The molecule has 7 nitrogen and oxygen atoms in total. The van der Waals surface area contributed by atoms with E-state index in [1.54, 1.807) is 19.2 Å². The van der Waals surface area contributed by atoms with E-state index >= 15 is 0 Å². The highest BCUT2D eigenvalue weighted by molar-refractivity contribution is 6.07. The number of carboxylic acids is 1. The molecule has 8 bridgehead atoms. The molecule has 3 N–H and O–H groups in total. The molecule has 7 heteroatoms. The Hall–Kier alpha value is -7.77. The monoisotopic (exact) mass is 822 g/mol. The lowest BCUT2D eigenvalue weighted by Gasteiger charge is -2.14. The van der Waals surface area contributed by atoms with Crippen LogP contribution in [0.15, 0.2) is 109 Å². The van der Waals surface area contributed by atoms with Crippen LogP contribution < -0.4 is 4.74 Å². The highest BCUT2D eigenvalue weighted by atomic mass is 16.5. The number of nitrogens with zero attached hydrogens (tertiary/aromatic N) is 2. The fourth-order valence-electron chi connectivity index (χ4n) is 9.91. The number of carboxylic acid groups (broad SMARTS) is 1. The van der Waals surface area contributed by atoms with Crippen LogP contribution in [0.4, 0.5) is 0 Å². The summed E-state index contributed by atoms with van der Waals surface area (Å²) in [6.07, 6.45) is 8.44. The van der Waals surface area contributed by atoms with Gasteiger partial charge in [-0.05, 0) is 164 Å². The van der Waals surface area contributed by atoms with Crippen molar-refractivity contribution in [2.75, 3.05) is 7.11 Å². The molecule has 0 unspecified atom stereocenters. The number of benzene rings is 5. The number of carbonyl (C=O) groups is 1. The van der Waals surface area contributed by atoms with E-state index in [1.165, 1.54) is 11.1 Å². The van der Waals surface area contributed by atoms with Crippen LogP contribution >= 0.6 is 0 Å². The Labute approximate surface area is 366 Å². The number of nitrogens with one attached hydrogen (secondary N) is 2. The van der Waals surface area contributed by atoms with Crippen molar-refractivity contribution in [3.05, 3.63) is 171 Å². The van der Waals surface area contributed by atoms with Crippen molar-refractivity contribution in [3.8, 4) is 50.3 Å². The topological polar surface area (TPSA) is 104 Å². The predicted molar refractivity (Wildman–Crippen MR) is 260 cm³/mol. The maximum atomic E-state index is 12.0. The summed E-state index contributed by atoms with van der Waals surface area (Å²) in [5.41, 5.74) is 21.9. The Morgan fingerprint density at radius 3 is 1.40 bits per heavy atom. The van der Waals surface area contributed by atoms with Crippen molar-refractivity contribution >= 4 is 63.1 Å². The number of ether oxygens (including phenoxy) is 1. The molecule has 63 heavy (non-hydrogen) atoms. The Bertz CT molecular complexity index is 3370. The van der Waals surface area contributed by atoms with Crippen LogP contribution in [0, 0.1) is 41.5 Å². The zero-order valence-electron chi connectivity index (χ0n) is 36.4. The molecule has 10 rings (SSSR count). The van der Waals surface area contributed by atoms with E-state index in [-0.39, 0.29) is 5.56 Å². The Morgan fingerprint density at radius 2 is 0.921 bits per heavy atom. The molecule has 5 aromatic carbocycles. The second kappa shape index (κ2) is 15.3. The molecule has 2 aliphatic rings. The van der Waals surface area contributed by atoms with Gasteiger partial charge in [0, 0.05) is 49.7 Å². The largest absolute Gasteiger partial charge is 0.496 e. The standard InChI is InChI=1S/C56H46N4O3/c1-30-26-32(3)50(33(4)27-30)54-45-21-17-41(57-45)52(36-12-14-37(15-13-36)56(61)62)42-18-22-46(58-42)55(51-34(5)28-31(2)29-35(51)6)48-24-20-44(60-48)53(43-19-23-47(54)59-43)40-16-25-49(63-7)39-11-9-8-10-38(39)40/h8-29,57,60H,1-7H3,(H,61,62). The van der Waals surface area contributed by atoms with E-state index in [2.05, 4.69) is 149 Å². The van der Waals surface area contributed by atoms with Crippen molar-refractivity contribution in [1.29, 1.82) is 0 Å². The van der Waals surface area contributed by atoms with Crippen molar-refractivity contribution in [3.63, 3.8) is 0 Å². The highest BCUT2D eigenvalue weighted by Crippen LogP contribution is 2.43. The van der Waals surface area contributed by atoms with E-state index in [4.69, 9.17) is 14.7 Å². The van der Waals surface area contributed by atoms with Crippen LogP contribution in [-0.2, 0) is 0 Å². The molecule has 5 heterocycles. The van der Waals surface area contributed by atoms with E-state index in [9.17, 15) is 9.90 Å². The first-order valence-electron chi connectivity index (χ1n) is 21.2. The molecule has 2 aliphatic heterocycles. The average Bonchev–Trinajstić information content (AvgIpc) is 4.10. The minimum atomic E-state index is -0.973. The third-order valence-corrected chi connectivity index (χ3v) is 12.4. The van der Waals surface area contributed by atoms with Gasteiger partial charge in [0.2, 0.25) is 0 Å². The molecule has 0 aliphatic carbocycles. The molecule has 0 amide bonds. The lowest BCUT2D eigenvalue weighted by molar-refractivity contribution is 0.0697. The van der Waals surface area contributed by atoms with E-state index in [0.717, 1.165) is 128 Å². The number of methoxy groups -OCH3 is 1. The molecule has 0 atom stereocenters. The van der Waals surface area contributed by atoms with Gasteiger partial charge in [-0.15, -0.1) is 0 Å². The molecule has 8 aromatic rings. The fourth-order valence-corrected chi connectivity index (χ4v) is 9.91. The second-order valence-electron chi connectivity index (χ2n) is 16.8. The Morgan fingerprint density at radius 1 is 0.492 bits per heavy atom. The molecule has 308 valence electrons. The average molecular weight is 823 g/mol. The summed E-state index contributed by atoms with van der Waals surface area (Å²) >= 11 is 0. The van der Waals surface area contributed by atoms with Gasteiger partial charge in [-0.25, -0.2) is 14.8 Å². The number of aryl methyl sites for hydroxylation is 6. The van der Waals surface area contributed by atoms with Gasteiger partial charge in [0.05, 0.1) is 35.4 Å². The van der Waals surface area contributed by atoms with Crippen LogP contribution in [0.2, 0.25) is 0 Å². The number of H-pyrrole nitrogens is 2. The number of hydrogen-bond acceptors (Lipinski definition) is 4.